The van der Waals surface area contributed by atoms with Crippen LogP contribution in [-0.2, 0) is 14.3 Å². The van der Waals surface area contributed by atoms with E-state index >= 15 is 0 Å². The molecule has 1 aliphatic carbocycles. The van der Waals surface area contributed by atoms with Crippen molar-refractivity contribution >= 4 is 11.9 Å². The number of esters is 1. The molecule has 0 spiro atoms. The zero-order valence-electron chi connectivity index (χ0n) is 12.5. The summed E-state index contributed by atoms with van der Waals surface area (Å²) in [4.78, 5) is 24.0. The van der Waals surface area contributed by atoms with Gasteiger partial charge >= 0.3 is 5.97 Å². The third kappa shape index (κ3) is 3.95. The minimum absolute atomic E-state index is 0.0200. The number of ether oxygens (including phenoxy) is 1. The van der Waals surface area contributed by atoms with Gasteiger partial charge in [-0.3, -0.25) is 14.9 Å². The maximum absolute atomic E-state index is 12.4. The van der Waals surface area contributed by atoms with E-state index in [9.17, 15) is 9.59 Å². The molecular formula is C15H26N2O3. The Bertz CT molecular complexity index is 351. The van der Waals surface area contributed by atoms with Crippen LogP contribution in [0.4, 0.5) is 0 Å². The van der Waals surface area contributed by atoms with Crippen LogP contribution in [0.5, 0.6) is 0 Å². The molecule has 0 aromatic heterocycles. The van der Waals surface area contributed by atoms with Gasteiger partial charge in [-0.05, 0) is 18.8 Å². The van der Waals surface area contributed by atoms with E-state index in [1.165, 1.54) is 19.3 Å². The van der Waals surface area contributed by atoms with E-state index in [2.05, 4.69) is 10.6 Å². The van der Waals surface area contributed by atoms with Crippen molar-refractivity contribution in [2.75, 3.05) is 6.61 Å². The monoisotopic (exact) mass is 282 g/mol. The first kappa shape index (κ1) is 15.3. The number of hydrogen-bond donors (Lipinski definition) is 2. The molecule has 1 heterocycles. The third-order valence-corrected chi connectivity index (χ3v) is 4.22. The smallest absolute Gasteiger partial charge is 0.323 e. The van der Waals surface area contributed by atoms with E-state index in [1.807, 2.05) is 13.8 Å². The van der Waals surface area contributed by atoms with Gasteiger partial charge in [0.1, 0.15) is 6.04 Å². The van der Waals surface area contributed by atoms with Crippen LogP contribution in [-0.4, -0.2) is 36.6 Å². The average molecular weight is 282 g/mol. The lowest BCUT2D eigenvalue weighted by Crippen LogP contribution is -2.54. The van der Waals surface area contributed by atoms with Crippen LogP contribution < -0.4 is 10.6 Å². The fourth-order valence-electron chi connectivity index (χ4n) is 2.97. The SMILES string of the molecule is CC(C)[C@@H](N[C@H]1CCOC1=O)C(=O)NC1CCCCC1. The van der Waals surface area contributed by atoms with Crippen molar-refractivity contribution in [3.63, 3.8) is 0 Å². The largest absolute Gasteiger partial charge is 0.464 e. The molecule has 0 aromatic rings. The van der Waals surface area contributed by atoms with Crippen molar-refractivity contribution in [3.8, 4) is 0 Å². The fraction of sp³-hybridized carbons (Fsp3) is 0.867. The fourth-order valence-corrected chi connectivity index (χ4v) is 2.97. The lowest BCUT2D eigenvalue weighted by atomic mass is 9.94. The summed E-state index contributed by atoms with van der Waals surface area (Å²) in [5.74, 6) is -0.0697. The number of carbonyl (C=O) groups excluding carboxylic acids is 2. The van der Waals surface area contributed by atoms with E-state index < -0.39 is 0 Å². The predicted octanol–water partition coefficient (Wildman–Crippen LogP) is 1.36. The van der Waals surface area contributed by atoms with Gasteiger partial charge in [-0.1, -0.05) is 33.1 Å². The van der Waals surface area contributed by atoms with Gasteiger partial charge in [0, 0.05) is 12.5 Å². The summed E-state index contributed by atoms with van der Waals surface area (Å²) in [7, 11) is 0. The first-order valence-electron chi connectivity index (χ1n) is 7.81. The highest BCUT2D eigenvalue weighted by atomic mass is 16.5. The topological polar surface area (TPSA) is 67.4 Å². The molecule has 1 saturated carbocycles. The van der Waals surface area contributed by atoms with Crippen LogP contribution in [0.3, 0.4) is 0 Å². The van der Waals surface area contributed by atoms with E-state index in [1.54, 1.807) is 0 Å². The van der Waals surface area contributed by atoms with Crippen molar-refractivity contribution in [2.24, 2.45) is 5.92 Å². The first-order valence-corrected chi connectivity index (χ1v) is 7.81. The summed E-state index contributed by atoms with van der Waals surface area (Å²) < 4.78 is 4.94. The van der Waals surface area contributed by atoms with Crippen molar-refractivity contribution in [2.45, 2.75) is 70.5 Å². The highest BCUT2D eigenvalue weighted by molar-refractivity contribution is 5.84. The van der Waals surface area contributed by atoms with Gasteiger partial charge in [0.25, 0.3) is 0 Å². The summed E-state index contributed by atoms with van der Waals surface area (Å²) in [5.41, 5.74) is 0. The number of rotatable bonds is 5. The molecule has 5 heteroatoms. The van der Waals surface area contributed by atoms with Crippen LogP contribution in [0.15, 0.2) is 0 Å². The van der Waals surface area contributed by atoms with Crippen molar-refractivity contribution in [1.29, 1.82) is 0 Å². The molecule has 0 unspecified atom stereocenters. The highest BCUT2D eigenvalue weighted by Crippen LogP contribution is 2.18. The normalized spacial score (nSPS) is 25.6. The Labute approximate surface area is 120 Å². The van der Waals surface area contributed by atoms with Gasteiger partial charge in [0.15, 0.2) is 0 Å². The Balaban J connectivity index is 1.89. The molecule has 20 heavy (non-hydrogen) atoms. The van der Waals surface area contributed by atoms with Gasteiger partial charge in [0.05, 0.1) is 12.6 Å². The third-order valence-electron chi connectivity index (χ3n) is 4.22. The number of cyclic esters (lactones) is 1. The predicted molar refractivity (Wildman–Crippen MR) is 76.1 cm³/mol. The zero-order valence-corrected chi connectivity index (χ0v) is 12.5. The number of hydrogen-bond acceptors (Lipinski definition) is 4. The lowest BCUT2D eigenvalue weighted by Gasteiger charge is -2.28. The van der Waals surface area contributed by atoms with Crippen LogP contribution in [0.2, 0.25) is 0 Å². The van der Waals surface area contributed by atoms with E-state index in [-0.39, 0.29) is 29.9 Å². The molecule has 2 fully saturated rings. The van der Waals surface area contributed by atoms with E-state index in [0.717, 1.165) is 12.8 Å². The van der Waals surface area contributed by atoms with Crippen LogP contribution in [0.25, 0.3) is 0 Å². The zero-order chi connectivity index (χ0) is 14.5. The van der Waals surface area contributed by atoms with Gasteiger partial charge in [-0.2, -0.15) is 0 Å². The summed E-state index contributed by atoms with van der Waals surface area (Å²) in [6.07, 6.45) is 6.45. The maximum Gasteiger partial charge on any atom is 0.323 e. The molecule has 2 N–H and O–H groups in total. The van der Waals surface area contributed by atoms with Crippen LogP contribution >= 0.6 is 0 Å². The molecule has 1 aliphatic heterocycles. The van der Waals surface area contributed by atoms with Crippen LogP contribution in [0.1, 0.15) is 52.4 Å². The first-order chi connectivity index (χ1) is 9.58. The Hall–Kier alpha value is -1.10. The highest BCUT2D eigenvalue weighted by Gasteiger charge is 2.33. The Morgan fingerprint density at radius 1 is 1.20 bits per heavy atom. The molecule has 1 saturated heterocycles. The molecule has 114 valence electrons. The quantitative estimate of drug-likeness (QED) is 0.747. The minimum atomic E-state index is -0.334. The van der Waals surface area contributed by atoms with Gasteiger partial charge < -0.3 is 10.1 Å². The van der Waals surface area contributed by atoms with Crippen LogP contribution in [0, 0.1) is 5.92 Å². The average Bonchev–Trinajstić information content (AvgIpc) is 2.82. The van der Waals surface area contributed by atoms with Crippen molar-refractivity contribution in [1.82, 2.24) is 10.6 Å². The van der Waals surface area contributed by atoms with Crippen molar-refractivity contribution < 1.29 is 14.3 Å². The number of amides is 1. The molecular weight excluding hydrogens is 256 g/mol. The summed E-state index contributed by atoms with van der Waals surface area (Å²) in [6.45, 7) is 4.45. The van der Waals surface area contributed by atoms with Crippen molar-refractivity contribution in [3.05, 3.63) is 0 Å². The maximum atomic E-state index is 12.4. The Kier molecular flexibility index (Phi) is 5.40. The Morgan fingerprint density at radius 3 is 2.45 bits per heavy atom. The minimum Gasteiger partial charge on any atom is -0.464 e. The standard InChI is InChI=1S/C15H26N2O3/c1-10(2)13(17-12-8-9-20-15(12)19)14(18)16-11-6-4-3-5-7-11/h10-13,17H,3-9H2,1-2H3,(H,16,18)/t12-,13+/m0/s1. The molecule has 0 bridgehead atoms. The molecule has 2 atom stereocenters. The number of nitrogens with one attached hydrogen (secondary N) is 2. The van der Waals surface area contributed by atoms with Gasteiger partial charge in [-0.25, -0.2) is 0 Å². The Morgan fingerprint density at radius 2 is 1.90 bits per heavy atom. The summed E-state index contributed by atoms with van der Waals surface area (Å²) in [5, 5.41) is 6.30. The molecule has 5 nitrogen and oxygen atoms in total. The molecule has 1 amide bonds. The molecule has 0 aromatic carbocycles. The van der Waals surface area contributed by atoms with E-state index in [0.29, 0.717) is 19.1 Å². The van der Waals surface area contributed by atoms with Gasteiger partial charge in [-0.15, -0.1) is 0 Å². The molecule has 2 rings (SSSR count). The van der Waals surface area contributed by atoms with Gasteiger partial charge in [0.2, 0.25) is 5.91 Å². The molecule has 2 aliphatic rings. The second kappa shape index (κ2) is 7.07. The number of carbonyl (C=O) groups is 2. The summed E-state index contributed by atoms with van der Waals surface area (Å²) in [6, 6.07) is -0.359. The van der Waals surface area contributed by atoms with E-state index in [4.69, 9.17) is 4.74 Å². The lowest BCUT2D eigenvalue weighted by molar-refractivity contribution is -0.140. The second-order valence-electron chi connectivity index (χ2n) is 6.24. The second-order valence-corrected chi connectivity index (χ2v) is 6.24. The summed E-state index contributed by atoms with van der Waals surface area (Å²) >= 11 is 0. The molecule has 0 radical (unpaired) electrons.